The number of amides is 1. The molecular weight excluding hydrogens is 319 g/mol. The van der Waals surface area contributed by atoms with Gasteiger partial charge in [0.05, 0.1) is 18.8 Å². The van der Waals surface area contributed by atoms with Crippen molar-refractivity contribution in [1.29, 1.82) is 0 Å². The topological polar surface area (TPSA) is 84.9 Å². The van der Waals surface area contributed by atoms with E-state index < -0.39 is 53.6 Å². The lowest BCUT2D eigenvalue weighted by Crippen LogP contribution is -2.51. The van der Waals surface area contributed by atoms with E-state index in [0.29, 0.717) is 25.2 Å². The van der Waals surface area contributed by atoms with E-state index in [0.717, 1.165) is 0 Å². The lowest BCUT2D eigenvalue weighted by atomic mass is 10.1. The molecule has 2 N–H and O–H groups in total. The molecule has 2 atom stereocenters. The van der Waals surface area contributed by atoms with Crippen molar-refractivity contribution in [3.05, 3.63) is 35.1 Å². The Hall–Kier alpha value is -2.13. The Bertz CT molecular complexity index is 587. The van der Waals surface area contributed by atoms with Crippen LogP contribution in [0, 0.1) is 17.5 Å². The third-order valence-electron chi connectivity index (χ3n) is 3.28. The van der Waals surface area contributed by atoms with Crippen LogP contribution in [0.25, 0.3) is 0 Å². The van der Waals surface area contributed by atoms with E-state index in [2.05, 4.69) is 5.32 Å². The summed E-state index contributed by atoms with van der Waals surface area (Å²) in [6.07, 6.45) is -0.261. The molecular formula is C14H14F3NO5. The van der Waals surface area contributed by atoms with Crippen molar-refractivity contribution in [2.75, 3.05) is 19.8 Å². The highest BCUT2D eigenvalue weighted by Gasteiger charge is 2.29. The molecule has 126 valence electrons. The predicted molar refractivity (Wildman–Crippen MR) is 70.4 cm³/mol. The number of halogens is 3. The van der Waals surface area contributed by atoms with E-state index in [-0.39, 0.29) is 6.61 Å². The summed E-state index contributed by atoms with van der Waals surface area (Å²) in [5, 5.41) is 11.1. The van der Waals surface area contributed by atoms with Crippen LogP contribution in [-0.4, -0.2) is 48.9 Å². The maximum absolute atomic E-state index is 13.2. The number of rotatable bonds is 5. The largest absolute Gasteiger partial charge is 0.480 e. The molecule has 9 heteroatoms. The molecule has 1 aliphatic heterocycles. The SMILES string of the molecule is O=C(O)CO[C@H]1CCOC[C@H]1NC(=O)c1cc(F)c(F)c(F)c1. The third kappa shape index (κ3) is 4.42. The number of carboxylic acid groups (broad SMARTS) is 1. The Morgan fingerprint density at radius 1 is 1.30 bits per heavy atom. The van der Waals surface area contributed by atoms with Gasteiger partial charge in [0.25, 0.3) is 5.91 Å². The second kappa shape index (κ2) is 7.42. The summed E-state index contributed by atoms with van der Waals surface area (Å²) in [5.41, 5.74) is -0.399. The van der Waals surface area contributed by atoms with Gasteiger partial charge in [0.1, 0.15) is 6.61 Å². The zero-order chi connectivity index (χ0) is 17.0. The van der Waals surface area contributed by atoms with Crippen LogP contribution < -0.4 is 5.32 Å². The van der Waals surface area contributed by atoms with Crippen molar-refractivity contribution in [3.8, 4) is 0 Å². The van der Waals surface area contributed by atoms with Gasteiger partial charge >= 0.3 is 5.97 Å². The molecule has 1 heterocycles. The van der Waals surface area contributed by atoms with Crippen LogP contribution in [0.15, 0.2) is 12.1 Å². The zero-order valence-electron chi connectivity index (χ0n) is 11.9. The van der Waals surface area contributed by atoms with E-state index in [1.54, 1.807) is 0 Å². The Kier molecular flexibility index (Phi) is 5.56. The first kappa shape index (κ1) is 17.2. The summed E-state index contributed by atoms with van der Waals surface area (Å²) in [5.74, 6) is -6.63. The monoisotopic (exact) mass is 333 g/mol. The number of ether oxygens (including phenoxy) is 2. The standard InChI is InChI=1S/C14H14F3NO5/c15-8-3-7(4-9(16)13(8)17)14(21)18-10-5-22-2-1-11(10)23-6-12(19)20/h3-4,10-11H,1-2,5-6H2,(H,18,21)(H,19,20)/t10-,11+/m1/s1. The van der Waals surface area contributed by atoms with E-state index in [9.17, 15) is 22.8 Å². The van der Waals surface area contributed by atoms with Crippen molar-refractivity contribution < 1.29 is 37.3 Å². The number of carbonyl (C=O) groups excluding carboxylic acids is 1. The number of carbonyl (C=O) groups is 2. The normalized spacial score (nSPS) is 21.0. The van der Waals surface area contributed by atoms with Gasteiger partial charge in [-0.1, -0.05) is 0 Å². The fourth-order valence-electron chi connectivity index (χ4n) is 2.17. The summed E-state index contributed by atoms with van der Waals surface area (Å²) >= 11 is 0. The molecule has 0 saturated carbocycles. The van der Waals surface area contributed by atoms with Crippen molar-refractivity contribution in [2.24, 2.45) is 0 Å². The summed E-state index contributed by atoms with van der Waals surface area (Å²) in [6.45, 7) is -0.157. The highest BCUT2D eigenvalue weighted by Crippen LogP contribution is 2.16. The lowest BCUT2D eigenvalue weighted by Gasteiger charge is -2.31. The average molecular weight is 333 g/mol. The van der Waals surface area contributed by atoms with Gasteiger partial charge in [0.15, 0.2) is 17.5 Å². The Morgan fingerprint density at radius 2 is 1.96 bits per heavy atom. The summed E-state index contributed by atoms with van der Waals surface area (Å²) in [7, 11) is 0. The minimum Gasteiger partial charge on any atom is -0.480 e. The summed E-state index contributed by atoms with van der Waals surface area (Å²) < 4.78 is 49.5. The molecule has 1 aromatic carbocycles. The molecule has 0 bridgehead atoms. The first-order chi connectivity index (χ1) is 10.9. The quantitative estimate of drug-likeness (QED) is 0.788. The molecule has 1 aromatic rings. The smallest absolute Gasteiger partial charge is 0.329 e. The minimum absolute atomic E-state index is 0.0577. The molecule has 1 fully saturated rings. The molecule has 0 radical (unpaired) electrons. The Labute approximate surface area is 129 Å². The van der Waals surface area contributed by atoms with E-state index in [1.807, 2.05) is 0 Å². The van der Waals surface area contributed by atoms with Gasteiger partial charge in [0, 0.05) is 12.2 Å². The molecule has 0 spiro atoms. The molecule has 1 saturated heterocycles. The number of nitrogens with one attached hydrogen (secondary N) is 1. The molecule has 1 aliphatic rings. The fraction of sp³-hybridized carbons (Fsp3) is 0.429. The van der Waals surface area contributed by atoms with Gasteiger partial charge in [-0.25, -0.2) is 18.0 Å². The van der Waals surface area contributed by atoms with Crippen LogP contribution >= 0.6 is 0 Å². The van der Waals surface area contributed by atoms with Gasteiger partial charge in [-0.2, -0.15) is 0 Å². The fourth-order valence-corrected chi connectivity index (χ4v) is 2.17. The number of hydrogen-bond donors (Lipinski definition) is 2. The number of hydrogen-bond acceptors (Lipinski definition) is 4. The maximum Gasteiger partial charge on any atom is 0.329 e. The molecule has 0 aliphatic carbocycles. The molecule has 6 nitrogen and oxygen atoms in total. The van der Waals surface area contributed by atoms with Crippen LogP contribution in [0.3, 0.4) is 0 Å². The van der Waals surface area contributed by atoms with Crippen LogP contribution in [0.2, 0.25) is 0 Å². The second-order valence-electron chi connectivity index (χ2n) is 4.94. The van der Waals surface area contributed by atoms with Gasteiger partial charge in [-0.05, 0) is 18.6 Å². The van der Waals surface area contributed by atoms with Crippen molar-refractivity contribution in [1.82, 2.24) is 5.32 Å². The van der Waals surface area contributed by atoms with Crippen molar-refractivity contribution in [2.45, 2.75) is 18.6 Å². The van der Waals surface area contributed by atoms with Crippen LogP contribution in [0.4, 0.5) is 13.2 Å². The van der Waals surface area contributed by atoms with Crippen LogP contribution in [0.5, 0.6) is 0 Å². The minimum atomic E-state index is -1.66. The highest BCUT2D eigenvalue weighted by atomic mass is 19.2. The van der Waals surface area contributed by atoms with Gasteiger partial charge in [-0.3, -0.25) is 4.79 Å². The molecule has 0 unspecified atom stereocenters. The van der Waals surface area contributed by atoms with Gasteiger partial charge < -0.3 is 19.9 Å². The first-order valence-electron chi connectivity index (χ1n) is 6.75. The zero-order valence-corrected chi connectivity index (χ0v) is 11.9. The molecule has 0 aromatic heterocycles. The van der Waals surface area contributed by atoms with Crippen molar-refractivity contribution in [3.63, 3.8) is 0 Å². The van der Waals surface area contributed by atoms with E-state index in [4.69, 9.17) is 14.6 Å². The number of benzene rings is 1. The first-order valence-corrected chi connectivity index (χ1v) is 6.75. The predicted octanol–water partition coefficient (Wildman–Crippen LogP) is 1.09. The number of aliphatic carboxylic acids is 1. The molecule has 2 rings (SSSR count). The van der Waals surface area contributed by atoms with Crippen LogP contribution in [0.1, 0.15) is 16.8 Å². The highest BCUT2D eigenvalue weighted by molar-refractivity contribution is 5.94. The summed E-state index contributed by atoms with van der Waals surface area (Å²) in [4.78, 5) is 22.6. The lowest BCUT2D eigenvalue weighted by molar-refractivity contribution is -0.147. The van der Waals surface area contributed by atoms with E-state index >= 15 is 0 Å². The average Bonchev–Trinajstić information content (AvgIpc) is 2.51. The van der Waals surface area contributed by atoms with Gasteiger partial charge in [0.2, 0.25) is 0 Å². The van der Waals surface area contributed by atoms with E-state index in [1.165, 1.54) is 0 Å². The number of carboxylic acids is 1. The van der Waals surface area contributed by atoms with Gasteiger partial charge in [-0.15, -0.1) is 0 Å². The van der Waals surface area contributed by atoms with Crippen molar-refractivity contribution >= 4 is 11.9 Å². The third-order valence-corrected chi connectivity index (χ3v) is 3.28. The molecule has 1 amide bonds. The summed E-state index contributed by atoms with van der Waals surface area (Å²) in [6, 6.07) is 0.460. The Morgan fingerprint density at radius 3 is 2.57 bits per heavy atom. The second-order valence-corrected chi connectivity index (χ2v) is 4.94. The Balaban J connectivity index is 2.06. The molecule has 23 heavy (non-hydrogen) atoms. The van der Waals surface area contributed by atoms with Crippen LogP contribution in [-0.2, 0) is 14.3 Å². The maximum atomic E-state index is 13.2.